The highest BCUT2D eigenvalue weighted by Gasteiger charge is 2.16. The molecule has 0 saturated carbocycles. The Hall–Kier alpha value is -2.77. The summed E-state index contributed by atoms with van der Waals surface area (Å²) in [5, 5.41) is 3.48. The van der Waals surface area contributed by atoms with Crippen molar-refractivity contribution in [1.29, 1.82) is 0 Å². The van der Waals surface area contributed by atoms with Crippen LogP contribution in [-0.2, 0) is 17.8 Å². The van der Waals surface area contributed by atoms with Crippen molar-refractivity contribution in [3.8, 4) is 11.5 Å². The van der Waals surface area contributed by atoms with Gasteiger partial charge in [0.05, 0.1) is 30.8 Å². The second-order valence-corrected chi connectivity index (χ2v) is 7.04. The first-order chi connectivity index (χ1) is 13.9. The Kier molecular flexibility index (Phi) is 4.76. The molecule has 0 aliphatic carbocycles. The number of hydrogen-bond donors (Lipinski definition) is 1. The summed E-state index contributed by atoms with van der Waals surface area (Å²) >= 11 is 0. The number of benzene rings is 2. The van der Waals surface area contributed by atoms with Crippen molar-refractivity contribution in [1.82, 2.24) is 14.5 Å². The molecule has 1 N–H and O–H groups in total. The van der Waals surface area contributed by atoms with Gasteiger partial charge in [0, 0.05) is 37.9 Å². The van der Waals surface area contributed by atoms with Crippen LogP contribution in [-0.4, -0.2) is 54.1 Å². The van der Waals surface area contributed by atoms with Gasteiger partial charge in [-0.3, -0.25) is 4.90 Å². The number of ether oxygens (including phenoxy) is 3. The van der Waals surface area contributed by atoms with Gasteiger partial charge >= 0.3 is 0 Å². The first kappa shape index (κ1) is 17.3. The van der Waals surface area contributed by atoms with E-state index in [4.69, 9.17) is 19.2 Å². The molecular weight excluding hydrogens is 356 g/mol. The molecular formula is C21H24N4O3. The second-order valence-electron chi connectivity index (χ2n) is 7.04. The number of rotatable bonds is 6. The van der Waals surface area contributed by atoms with E-state index in [1.54, 1.807) is 0 Å². The van der Waals surface area contributed by atoms with E-state index in [0.29, 0.717) is 6.54 Å². The molecule has 0 spiro atoms. The monoisotopic (exact) mass is 380 g/mol. The van der Waals surface area contributed by atoms with Crippen LogP contribution >= 0.6 is 0 Å². The summed E-state index contributed by atoms with van der Waals surface area (Å²) < 4.78 is 18.6. The van der Waals surface area contributed by atoms with Crippen LogP contribution in [0.5, 0.6) is 11.5 Å². The van der Waals surface area contributed by atoms with Crippen LogP contribution in [0.4, 0.5) is 5.69 Å². The lowest BCUT2D eigenvalue weighted by Crippen LogP contribution is -2.38. The normalized spacial score (nSPS) is 16.6. The third-order valence-electron chi connectivity index (χ3n) is 5.30. The summed E-state index contributed by atoms with van der Waals surface area (Å²) in [4.78, 5) is 7.32. The SMILES string of the molecule is c1ccc2c(c1)nc(CNc1ccc3c(c1)OCO3)n2CCN1CCOCC1. The molecule has 2 aliphatic heterocycles. The molecule has 28 heavy (non-hydrogen) atoms. The Labute approximate surface area is 163 Å². The first-order valence-corrected chi connectivity index (χ1v) is 9.74. The van der Waals surface area contributed by atoms with E-state index in [-0.39, 0.29) is 6.79 Å². The molecule has 0 bridgehead atoms. The summed E-state index contributed by atoms with van der Waals surface area (Å²) in [6.45, 7) is 6.49. The summed E-state index contributed by atoms with van der Waals surface area (Å²) in [5.74, 6) is 2.61. The lowest BCUT2D eigenvalue weighted by Gasteiger charge is -2.27. The highest BCUT2D eigenvalue weighted by atomic mass is 16.7. The van der Waals surface area contributed by atoms with E-state index < -0.39 is 0 Å². The average molecular weight is 380 g/mol. The predicted molar refractivity (Wildman–Crippen MR) is 107 cm³/mol. The second kappa shape index (κ2) is 7.69. The molecule has 2 aromatic carbocycles. The Balaban J connectivity index is 1.34. The Morgan fingerprint density at radius 3 is 2.75 bits per heavy atom. The summed E-state index contributed by atoms with van der Waals surface area (Å²) in [5.41, 5.74) is 3.21. The minimum atomic E-state index is 0.288. The molecule has 0 unspecified atom stereocenters. The molecule has 0 atom stereocenters. The topological polar surface area (TPSA) is 60.8 Å². The molecule has 3 heterocycles. The number of fused-ring (bicyclic) bond motifs is 2. The summed E-state index contributed by atoms with van der Waals surface area (Å²) in [6.07, 6.45) is 0. The number of aromatic nitrogens is 2. The van der Waals surface area contributed by atoms with Crippen LogP contribution in [0.3, 0.4) is 0 Å². The van der Waals surface area contributed by atoms with Crippen LogP contribution in [0.1, 0.15) is 5.82 Å². The van der Waals surface area contributed by atoms with Crippen LogP contribution in [0.15, 0.2) is 42.5 Å². The van der Waals surface area contributed by atoms with Crippen molar-refractivity contribution in [2.75, 3.05) is 45.0 Å². The third kappa shape index (κ3) is 3.50. The van der Waals surface area contributed by atoms with Crippen molar-refractivity contribution in [3.63, 3.8) is 0 Å². The largest absolute Gasteiger partial charge is 0.454 e. The van der Waals surface area contributed by atoms with Gasteiger partial charge in [0.1, 0.15) is 5.82 Å². The molecule has 5 rings (SSSR count). The third-order valence-corrected chi connectivity index (χ3v) is 5.30. The first-order valence-electron chi connectivity index (χ1n) is 9.74. The summed E-state index contributed by atoms with van der Waals surface area (Å²) in [6, 6.07) is 14.3. The lowest BCUT2D eigenvalue weighted by atomic mass is 10.3. The summed E-state index contributed by atoms with van der Waals surface area (Å²) in [7, 11) is 0. The van der Waals surface area contributed by atoms with Crippen molar-refractivity contribution in [2.45, 2.75) is 13.1 Å². The van der Waals surface area contributed by atoms with Gasteiger partial charge in [-0.25, -0.2) is 4.98 Å². The van der Waals surface area contributed by atoms with Gasteiger partial charge in [-0.05, 0) is 24.3 Å². The number of hydrogen-bond acceptors (Lipinski definition) is 6. The van der Waals surface area contributed by atoms with Crippen molar-refractivity contribution < 1.29 is 14.2 Å². The van der Waals surface area contributed by atoms with Gasteiger partial charge in [0.15, 0.2) is 11.5 Å². The fourth-order valence-electron chi connectivity index (χ4n) is 3.76. The van der Waals surface area contributed by atoms with Gasteiger partial charge < -0.3 is 24.1 Å². The molecule has 0 amide bonds. The number of imidazole rings is 1. The number of para-hydroxylation sites is 2. The van der Waals surface area contributed by atoms with Gasteiger partial charge in [0.25, 0.3) is 0 Å². The molecule has 1 saturated heterocycles. The van der Waals surface area contributed by atoms with Crippen LogP contribution in [0.2, 0.25) is 0 Å². The molecule has 146 valence electrons. The molecule has 0 radical (unpaired) electrons. The van der Waals surface area contributed by atoms with Gasteiger partial charge in [-0.2, -0.15) is 0 Å². The molecule has 7 nitrogen and oxygen atoms in total. The van der Waals surface area contributed by atoms with E-state index in [0.717, 1.165) is 67.9 Å². The quantitative estimate of drug-likeness (QED) is 0.710. The highest BCUT2D eigenvalue weighted by molar-refractivity contribution is 5.76. The Morgan fingerprint density at radius 1 is 0.964 bits per heavy atom. The van der Waals surface area contributed by atoms with Gasteiger partial charge in [-0.1, -0.05) is 12.1 Å². The zero-order chi connectivity index (χ0) is 18.8. The fraction of sp³-hybridized carbons (Fsp3) is 0.381. The smallest absolute Gasteiger partial charge is 0.231 e. The van der Waals surface area contributed by atoms with Crippen molar-refractivity contribution >= 4 is 16.7 Å². The van der Waals surface area contributed by atoms with Gasteiger partial charge in [-0.15, -0.1) is 0 Å². The zero-order valence-corrected chi connectivity index (χ0v) is 15.8. The Morgan fingerprint density at radius 2 is 1.82 bits per heavy atom. The lowest BCUT2D eigenvalue weighted by molar-refractivity contribution is 0.0364. The maximum Gasteiger partial charge on any atom is 0.231 e. The van der Waals surface area contributed by atoms with Crippen LogP contribution in [0.25, 0.3) is 11.0 Å². The van der Waals surface area contributed by atoms with Crippen LogP contribution < -0.4 is 14.8 Å². The minimum Gasteiger partial charge on any atom is -0.454 e. The van der Waals surface area contributed by atoms with Crippen molar-refractivity contribution in [2.24, 2.45) is 0 Å². The van der Waals surface area contributed by atoms with E-state index >= 15 is 0 Å². The highest BCUT2D eigenvalue weighted by Crippen LogP contribution is 2.34. The molecule has 7 heteroatoms. The zero-order valence-electron chi connectivity index (χ0n) is 15.8. The fourth-order valence-corrected chi connectivity index (χ4v) is 3.76. The number of anilines is 1. The van der Waals surface area contributed by atoms with E-state index in [9.17, 15) is 0 Å². The van der Waals surface area contributed by atoms with E-state index in [2.05, 4.69) is 33.0 Å². The van der Waals surface area contributed by atoms with E-state index in [1.165, 1.54) is 5.52 Å². The van der Waals surface area contributed by atoms with Gasteiger partial charge in [0.2, 0.25) is 6.79 Å². The standard InChI is InChI=1S/C21H24N4O3/c1-2-4-18-17(3-1)23-21(25(18)8-7-24-9-11-26-12-10-24)14-22-16-5-6-19-20(13-16)28-15-27-19/h1-6,13,22H,7-12,14-15H2. The number of morpholine rings is 1. The predicted octanol–water partition coefficient (Wildman–Crippen LogP) is 2.71. The Bertz CT molecular complexity index is 965. The van der Waals surface area contributed by atoms with E-state index in [1.807, 2.05) is 24.3 Å². The maximum absolute atomic E-state index is 5.47. The van der Waals surface area contributed by atoms with Crippen molar-refractivity contribution in [3.05, 3.63) is 48.3 Å². The minimum absolute atomic E-state index is 0.288. The number of nitrogens with zero attached hydrogens (tertiary/aromatic N) is 3. The molecule has 2 aliphatic rings. The molecule has 1 fully saturated rings. The average Bonchev–Trinajstić information content (AvgIpc) is 3.35. The number of nitrogens with one attached hydrogen (secondary N) is 1. The molecule has 3 aromatic rings. The van der Waals surface area contributed by atoms with Crippen LogP contribution in [0, 0.1) is 0 Å². The maximum atomic E-state index is 5.47. The molecule has 1 aromatic heterocycles.